The van der Waals surface area contributed by atoms with Crippen molar-refractivity contribution >= 4 is 33.8 Å². The first kappa shape index (κ1) is 20.6. The van der Waals surface area contributed by atoms with Crippen molar-refractivity contribution in [1.29, 1.82) is 0 Å². The van der Waals surface area contributed by atoms with Gasteiger partial charge in [-0.1, -0.05) is 13.3 Å². The van der Waals surface area contributed by atoms with E-state index in [2.05, 4.69) is 5.32 Å². The van der Waals surface area contributed by atoms with E-state index in [0.717, 1.165) is 27.5 Å². The second-order valence-electron chi connectivity index (χ2n) is 7.39. The molecule has 2 heterocycles. The molecule has 29 heavy (non-hydrogen) atoms. The molecule has 7 heteroatoms. The van der Waals surface area contributed by atoms with Crippen molar-refractivity contribution in [2.24, 2.45) is 0 Å². The van der Waals surface area contributed by atoms with Crippen molar-refractivity contribution in [3.63, 3.8) is 0 Å². The summed E-state index contributed by atoms with van der Waals surface area (Å²) < 4.78 is 11.1. The Kier molecular flexibility index (Phi) is 5.77. The zero-order valence-electron chi connectivity index (χ0n) is 17.0. The molecule has 154 valence electrons. The van der Waals surface area contributed by atoms with E-state index >= 15 is 0 Å². The molecule has 3 rings (SSSR count). The van der Waals surface area contributed by atoms with Gasteiger partial charge in [0.2, 0.25) is 5.91 Å². The summed E-state index contributed by atoms with van der Waals surface area (Å²) in [6.07, 6.45) is 2.71. The third kappa shape index (κ3) is 3.90. The Bertz CT molecular complexity index is 1150. The topological polar surface area (TPSA) is 113 Å². The van der Waals surface area contributed by atoms with Crippen LogP contribution in [0.2, 0.25) is 0 Å². The molecule has 0 radical (unpaired) electrons. The van der Waals surface area contributed by atoms with Crippen LogP contribution in [0.3, 0.4) is 0 Å². The lowest BCUT2D eigenvalue weighted by atomic mass is 9.98. The highest BCUT2D eigenvalue weighted by atomic mass is 16.4. The molecule has 1 atom stereocenters. The first-order valence-corrected chi connectivity index (χ1v) is 9.68. The quantitative estimate of drug-likeness (QED) is 0.612. The van der Waals surface area contributed by atoms with Crippen molar-refractivity contribution in [1.82, 2.24) is 5.32 Å². The van der Waals surface area contributed by atoms with Crippen LogP contribution in [-0.2, 0) is 16.0 Å². The molecule has 3 aromatic rings. The summed E-state index contributed by atoms with van der Waals surface area (Å²) in [5.74, 6) is -1.75. The van der Waals surface area contributed by atoms with Gasteiger partial charge in [0.1, 0.15) is 11.2 Å². The van der Waals surface area contributed by atoms with Crippen LogP contribution in [-0.4, -0.2) is 17.9 Å². The highest BCUT2D eigenvalue weighted by molar-refractivity contribution is 5.99. The number of furan rings is 1. The van der Waals surface area contributed by atoms with Crippen molar-refractivity contribution in [2.45, 2.75) is 59.4 Å². The summed E-state index contributed by atoms with van der Waals surface area (Å²) in [7, 11) is 0. The van der Waals surface area contributed by atoms with Gasteiger partial charge in [0.05, 0.1) is 18.3 Å². The van der Waals surface area contributed by atoms with Gasteiger partial charge in [0.25, 0.3) is 0 Å². The van der Waals surface area contributed by atoms with Crippen molar-refractivity contribution in [3.8, 4) is 0 Å². The summed E-state index contributed by atoms with van der Waals surface area (Å²) in [5, 5.41) is 15.3. The Labute approximate surface area is 167 Å². The largest absolute Gasteiger partial charge is 0.548 e. The fourth-order valence-corrected chi connectivity index (χ4v) is 3.65. The lowest BCUT2D eigenvalue weighted by Crippen LogP contribution is -2.47. The normalized spacial score (nSPS) is 12.4. The van der Waals surface area contributed by atoms with E-state index in [1.807, 2.05) is 33.8 Å². The van der Waals surface area contributed by atoms with Gasteiger partial charge in [0.15, 0.2) is 0 Å². The second kappa shape index (κ2) is 8.11. The number of fused-ring (bicyclic) bond motifs is 2. The molecular formula is C22H24NO6-. The van der Waals surface area contributed by atoms with Crippen molar-refractivity contribution in [2.75, 3.05) is 0 Å². The predicted molar refractivity (Wildman–Crippen MR) is 107 cm³/mol. The number of aryl methyl sites for hydroxylation is 3. The van der Waals surface area contributed by atoms with E-state index in [9.17, 15) is 19.5 Å². The third-order valence-corrected chi connectivity index (χ3v) is 5.33. The molecule has 0 fully saturated rings. The zero-order chi connectivity index (χ0) is 21.3. The number of amides is 1. The Hall–Kier alpha value is -3.09. The maximum Gasteiger partial charge on any atom is 0.339 e. The van der Waals surface area contributed by atoms with Crippen LogP contribution in [0.25, 0.3) is 21.9 Å². The van der Waals surface area contributed by atoms with E-state index in [0.29, 0.717) is 29.6 Å². The Morgan fingerprint density at radius 3 is 2.52 bits per heavy atom. The number of carbonyl (C=O) groups is 2. The summed E-state index contributed by atoms with van der Waals surface area (Å²) in [6, 6.07) is 0.910. The third-order valence-electron chi connectivity index (χ3n) is 5.33. The van der Waals surface area contributed by atoms with Crippen LogP contribution >= 0.6 is 0 Å². The number of carboxylic acid groups (broad SMARTS) is 1. The molecule has 0 spiro atoms. The van der Waals surface area contributed by atoms with E-state index in [1.165, 1.54) is 0 Å². The molecule has 0 bridgehead atoms. The maximum absolute atomic E-state index is 12.6. The molecule has 0 saturated heterocycles. The average Bonchev–Trinajstić information content (AvgIpc) is 3.03. The highest BCUT2D eigenvalue weighted by Crippen LogP contribution is 2.32. The average molecular weight is 398 g/mol. The van der Waals surface area contributed by atoms with E-state index in [4.69, 9.17) is 8.83 Å². The molecule has 0 unspecified atom stereocenters. The highest BCUT2D eigenvalue weighted by Gasteiger charge is 2.19. The number of carbonyl (C=O) groups excluding carboxylic acids is 2. The number of aliphatic carboxylic acids is 1. The van der Waals surface area contributed by atoms with Crippen LogP contribution < -0.4 is 16.0 Å². The smallest absolute Gasteiger partial charge is 0.339 e. The first-order chi connectivity index (χ1) is 13.7. The lowest BCUT2D eigenvalue weighted by molar-refractivity contribution is -0.308. The Morgan fingerprint density at radius 2 is 1.86 bits per heavy atom. The fraction of sp³-hybridized carbons (Fsp3) is 0.409. The molecule has 1 amide bonds. The van der Waals surface area contributed by atoms with Crippen molar-refractivity contribution < 1.29 is 23.5 Å². The monoisotopic (exact) mass is 398 g/mol. The van der Waals surface area contributed by atoms with Crippen LogP contribution in [0.1, 0.15) is 48.4 Å². The minimum atomic E-state index is -1.31. The SMILES string of the molecule is CCC[C@@H](NC(=O)CCc1c(C)c2cc3c(C)coc3c(C)c2oc1=O)C(=O)[O-]. The number of carboxylic acids is 1. The van der Waals surface area contributed by atoms with Gasteiger partial charge in [-0.15, -0.1) is 0 Å². The standard InChI is InChI=1S/C22H25NO6/c1-5-6-17(21(25)26)23-18(24)8-7-14-12(3)16-9-15-11(2)10-28-19(15)13(4)20(16)29-22(14)27/h9-10,17H,5-8H2,1-4H3,(H,23,24)(H,25,26)/p-1/t17-/m1/s1. The number of nitrogens with one attached hydrogen (secondary N) is 1. The van der Waals surface area contributed by atoms with Crippen molar-refractivity contribution in [3.05, 3.63) is 45.0 Å². The molecule has 0 saturated carbocycles. The molecule has 0 aliphatic carbocycles. The van der Waals surface area contributed by atoms with Gasteiger partial charge in [0, 0.05) is 28.3 Å². The summed E-state index contributed by atoms with van der Waals surface area (Å²) in [5.41, 5.74) is 3.56. The van der Waals surface area contributed by atoms with E-state index < -0.39 is 23.5 Å². The van der Waals surface area contributed by atoms with Gasteiger partial charge in [-0.2, -0.15) is 0 Å². The summed E-state index contributed by atoms with van der Waals surface area (Å²) in [6.45, 7) is 7.44. The Balaban J connectivity index is 1.91. The van der Waals surface area contributed by atoms with Crippen LogP contribution in [0.15, 0.2) is 26.0 Å². The summed E-state index contributed by atoms with van der Waals surface area (Å²) >= 11 is 0. The minimum Gasteiger partial charge on any atom is -0.548 e. The van der Waals surface area contributed by atoms with Crippen LogP contribution in [0, 0.1) is 20.8 Å². The number of hydrogen-bond donors (Lipinski definition) is 1. The van der Waals surface area contributed by atoms with Gasteiger partial charge in [-0.05, 0) is 50.8 Å². The molecule has 1 aromatic carbocycles. The van der Waals surface area contributed by atoms with E-state index in [-0.39, 0.29) is 12.8 Å². The first-order valence-electron chi connectivity index (χ1n) is 9.68. The van der Waals surface area contributed by atoms with Crippen LogP contribution in [0.4, 0.5) is 0 Å². The second-order valence-corrected chi connectivity index (χ2v) is 7.39. The molecule has 0 aliphatic rings. The maximum atomic E-state index is 12.6. The Morgan fingerprint density at radius 1 is 1.14 bits per heavy atom. The number of benzene rings is 1. The number of hydrogen-bond acceptors (Lipinski definition) is 6. The van der Waals surface area contributed by atoms with Gasteiger partial charge < -0.3 is 24.1 Å². The molecule has 2 aromatic heterocycles. The summed E-state index contributed by atoms with van der Waals surface area (Å²) in [4.78, 5) is 35.8. The molecule has 7 nitrogen and oxygen atoms in total. The molecular weight excluding hydrogens is 374 g/mol. The lowest BCUT2D eigenvalue weighted by Gasteiger charge is -2.19. The van der Waals surface area contributed by atoms with Crippen LogP contribution in [0.5, 0.6) is 0 Å². The van der Waals surface area contributed by atoms with E-state index in [1.54, 1.807) is 6.26 Å². The minimum absolute atomic E-state index is 0.0173. The fourth-order valence-electron chi connectivity index (χ4n) is 3.65. The molecule has 0 aliphatic heterocycles. The van der Waals surface area contributed by atoms with Gasteiger partial charge >= 0.3 is 5.63 Å². The molecule has 1 N–H and O–H groups in total. The van der Waals surface area contributed by atoms with Gasteiger partial charge in [-0.25, -0.2) is 4.79 Å². The van der Waals surface area contributed by atoms with Gasteiger partial charge in [-0.3, -0.25) is 4.79 Å². The zero-order valence-corrected chi connectivity index (χ0v) is 17.0. The predicted octanol–water partition coefficient (Wildman–Crippen LogP) is 2.43. The number of rotatable bonds is 7.